The van der Waals surface area contributed by atoms with E-state index in [-0.39, 0.29) is 11.8 Å². The minimum Gasteiger partial charge on any atom is -0.282 e. The first-order valence-corrected chi connectivity index (χ1v) is 6.42. The van der Waals surface area contributed by atoms with Gasteiger partial charge < -0.3 is 0 Å². The molecule has 0 N–H and O–H groups in total. The van der Waals surface area contributed by atoms with Gasteiger partial charge in [0.25, 0.3) is 0 Å². The molecule has 0 spiro atoms. The fraction of sp³-hybridized carbons (Fsp3) is 0.500. The Morgan fingerprint density at radius 1 is 1.31 bits per heavy atom. The predicted octanol–water partition coefficient (Wildman–Crippen LogP) is 2.14. The van der Waals surface area contributed by atoms with Crippen molar-refractivity contribution in [1.29, 1.82) is 0 Å². The van der Waals surface area contributed by atoms with Gasteiger partial charge in [0.2, 0.25) is 11.8 Å². The van der Waals surface area contributed by atoms with E-state index in [1.807, 2.05) is 5.38 Å². The molecular weight excluding hydrogens is 222 g/mol. The van der Waals surface area contributed by atoms with Gasteiger partial charge >= 0.3 is 0 Å². The number of carbonyl (C=O) groups excluding carboxylic acids is 2. The molecule has 1 saturated heterocycles. The lowest BCUT2D eigenvalue weighted by Gasteiger charge is -2.24. The van der Waals surface area contributed by atoms with Crippen molar-refractivity contribution in [3.8, 4) is 0 Å². The summed E-state index contributed by atoms with van der Waals surface area (Å²) in [5.41, 5.74) is 1.25. The lowest BCUT2D eigenvalue weighted by molar-refractivity contribution is -0.147. The molecular formula is C12H15NO2S. The van der Waals surface area contributed by atoms with Crippen LogP contribution in [0.2, 0.25) is 0 Å². The van der Waals surface area contributed by atoms with Crippen molar-refractivity contribution in [2.75, 3.05) is 6.54 Å². The van der Waals surface area contributed by atoms with Crippen LogP contribution >= 0.6 is 11.3 Å². The molecule has 1 aromatic rings. The van der Waals surface area contributed by atoms with Crippen molar-refractivity contribution in [3.05, 3.63) is 21.9 Å². The number of piperidine rings is 1. The van der Waals surface area contributed by atoms with Gasteiger partial charge in [0.05, 0.1) is 0 Å². The van der Waals surface area contributed by atoms with E-state index in [4.69, 9.17) is 0 Å². The van der Waals surface area contributed by atoms with Crippen molar-refractivity contribution in [2.24, 2.45) is 0 Å². The van der Waals surface area contributed by atoms with Crippen LogP contribution in [0.4, 0.5) is 0 Å². The smallest absolute Gasteiger partial charge is 0.229 e. The van der Waals surface area contributed by atoms with Crippen LogP contribution in [-0.4, -0.2) is 23.3 Å². The van der Waals surface area contributed by atoms with Crippen LogP contribution in [-0.2, 0) is 16.0 Å². The highest BCUT2D eigenvalue weighted by molar-refractivity contribution is 7.10. The van der Waals surface area contributed by atoms with Crippen molar-refractivity contribution < 1.29 is 9.59 Å². The molecule has 3 nitrogen and oxygen atoms in total. The molecule has 2 heterocycles. The summed E-state index contributed by atoms with van der Waals surface area (Å²) in [6.07, 6.45) is 2.55. The average Bonchev–Trinajstić information content (AvgIpc) is 2.64. The summed E-state index contributed by atoms with van der Waals surface area (Å²) in [4.78, 5) is 25.8. The van der Waals surface area contributed by atoms with Crippen LogP contribution in [0.5, 0.6) is 0 Å². The number of nitrogens with zero attached hydrogens (tertiary/aromatic N) is 1. The molecule has 0 aliphatic carbocycles. The quantitative estimate of drug-likeness (QED) is 0.755. The molecule has 1 aliphatic rings. The highest BCUT2D eigenvalue weighted by Gasteiger charge is 2.25. The average molecular weight is 237 g/mol. The Labute approximate surface area is 99.1 Å². The van der Waals surface area contributed by atoms with Crippen LogP contribution in [0.25, 0.3) is 0 Å². The Kier molecular flexibility index (Phi) is 3.39. The predicted molar refractivity (Wildman–Crippen MR) is 63.3 cm³/mol. The number of aryl methyl sites for hydroxylation is 1. The van der Waals surface area contributed by atoms with E-state index in [1.165, 1.54) is 15.3 Å². The molecule has 0 saturated carbocycles. The molecule has 0 bridgehead atoms. The lowest BCUT2D eigenvalue weighted by Crippen LogP contribution is -2.41. The van der Waals surface area contributed by atoms with Crippen molar-refractivity contribution in [2.45, 2.75) is 32.6 Å². The van der Waals surface area contributed by atoms with Gasteiger partial charge in [0.15, 0.2) is 0 Å². The number of rotatable bonds is 3. The molecule has 1 fully saturated rings. The number of likely N-dealkylation sites (tertiary alicyclic amines) is 1. The number of imide groups is 1. The number of carbonyl (C=O) groups is 2. The minimum atomic E-state index is -0.00883. The molecule has 0 aromatic carbocycles. The zero-order valence-electron chi connectivity index (χ0n) is 9.36. The molecule has 2 rings (SSSR count). The highest BCUT2D eigenvalue weighted by atomic mass is 32.1. The third kappa shape index (κ3) is 2.32. The summed E-state index contributed by atoms with van der Waals surface area (Å²) in [5.74, 6) is -0.0177. The summed E-state index contributed by atoms with van der Waals surface area (Å²) in [5, 5.41) is 2.05. The first-order chi connectivity index (χ1) is 7.68. The topological polar surface area (TPSA) is 37.4 Å². The third-order valence-electron chi connectivity index (χ3n) is 2.91. The molecule has 0 radical (unpaired) electrons. The van der Waals surface area contributed by atoms with Crippen molar-refractivity contribution in [3.63, 3.8) is 0 Å². The van der Waals surface area contributed by atoms with E-state index in [0.29, 0.717) is 25.8 Å². The Balaban J connectivity index is 1.96. The van der Waals surface area contributed by atoms with Crippen molar-refractivity contribution >= 4 is 23.2 Å². The summed E-state index contributed by atoms with van der Waals surface area (Å²) < 4.78 is 0. The van der Waals surface area contributed by atoms with Gasteiger partial charge in [-0.05, 0) is 30.4 Å². The van der Waals surface area contributed by atoms with E-state index in [9.17, 15) is 9.59 Å². The molecule has 86 valence electrons. The van der Waals surface area contributed by atoms with Crippen LogP contribution < -0.4 is 0 Å². The molecule has 1 aliphatic heterocycles. The van der Waals surface area contributed by atoms with Gasteiger partial charge in [-0.25, -0.2) is 0 Å². The largest absolute Gasteiger partial charge is 0.282 e. The van der Waals surface area contributed by atoms with Gasteiger partial charge in [-0.1, -0.05) is 0 Å². The van der Waals surface area contributed by atoms with Gasteiger partial charge in [-0.15, -0.1) is 11.3 Å². The van der Waals surface area contributed by atoms with Gasteiger partial charge in [-0.2, -0.15) is 0 Å². The fourth-order valence-corrected chi connectivity index (χ4v) is 2.82. The van der Waals surface area contributed by atoms with Gasteiger partial charge in [0, 0.05) is 30.7 Å². The van der Waals surface area contributed by atoms with E-state index in [2.05, 4.69) is 13.0 Å². The Morgan fingerprint density at radius 3 is 2.56 bits per heavy atom. The van der Waals surface area contributed by atoms with Gasteiger partial charge in [0.1, 0.15) is 0 Å². The zero-order chi connectivity index (χ0) is 11.5. The zero-order valence-corrected chi connectivity index (χ0v) is 10.2. The normalized spacial score (nSPS) is 16.9. The first-order valence-electron chi connectivity index (χ1n) is 5.54. The van der Waals surface area contributed by atoms with Crippen molar-refractivity contribution in [1.82, 2.24) is 4.90 Å². The summed E-state index contributed by atoms with van der Waals surface area (Å²) in [6.45, 7) is 2.60. The minimum absolute atomic E-state index is 0.00883. The monoisotopic (exact) mass is 237 g/mol. The summed E-state index contributed by atoms with van der Waals surface area (Å²) in [7, 11) is 0. The lowest BCUT2D eigenvalue weighted by atomic mass is 10.1. The molecule has 0 unspecified atom stereocenters. The molecule has 0 atom stereocenters. The number of hydrogen-bond acceptors (Lipinski definition) is 3. The third-order valence-corrected chi connectivity index (χ3v) is 4.00. The van der Waals surface area contributed by atoms with Crippen LogP contribution in [0.15, 0.2) is 11.4 Å². The Hall–Kier alpha value is -1.16. The van der Waals surface area contributed by atoms with E-state index >= 15 is 0 Å². The molecule has 1 aromatic heterocycles. The fourth-order valence-electron chi connectivity index (χ4n) is 1.92. The van der Waals surface area contributed by atoms with Gasteiger partial charge in [-0.3, -0.25) is 14.5 Å². The van der Waals surface area contributed by atoms with Crippen LogP contribution in [0.1, 0.15) is 29.7 Å². The second-order valence-corrected chi connectivity index (χ2v) is 5.07. The maximum absolute atomic E-state index is 11.6. The standard InChI is InChI=1S/C12H15NO2S/c1-9-6-8-16-10(9)5-7-13-11(14)3-2-4-12(13)15/h6,8H,2-5,7H2,1H3. The van der Waals surface area contributed by atoms with E-state index in [0.717, 1.165) is 6.42 Å². The summed E-state index contributed by atoms with van der Waals surface area (Å²) in [6, 6.07) is 2.07. The van der Waals surface area contributed by atoms with Crippen LogP contribution in [0, 0.1) is 6.92 Å². The van der Waals surface area contributed by atoms with E-state index in [1.54, 1.807) is 11.3 Å². The Morgan fingerprint density at radius 2 is 2.00 bits per heavy atom. The maximum Gasteiger partial charge on any atom is 0.229 e. The summed E-state index contributed by atoms with van der Waals surface area (Å²) >= 11 is 1.69. The maximum atomic E-state index is 11.6. The first kappa shape index (κ1) is 11.3. The Bertz CT molecular complexity index is 395. The van der Waals surface area contributed by atoms with E-state index < -0.39 is 0 Å². The second-order valence-electron chi connectivity index (χ2n) is 4.07. The highest BCUT2D eigenvalue weighted by Crippen LogP contribution is 2.18. The second kappa shape index (κ2) is 4.78. The number of thiophene rings is 1. The molecule has 16 heavy (non-hydrogen) atoms. The molecule has 4 heteroatoms. The SMILES string of the molecule is Cc1ccsc1CCN1C(=O)CCCC1=O. The molecule has 2 amide bonds. The van der Waals surface area contributed by atoms with Crippen LogP contribution in [0.3, 0.4) is 0 Å². The number of hydrogen-bond donors (Lipinski definition) is 0. The number of amides is 2.